The van der Waals surface area contributed by atoms with Gasteiger partial charge >= 0.3 is 113 Å². The molecule has 0 heterocycles. The minimum atomic E-state index is -3.58. The van der Waals surface area contributed by atoms with E-state index in [0.29, 0.717) is 15.0 Å². The Morgan fingerprint density at radius 2 is 1.56 bits per heavy atom. The van der Waals surface area contributed by atoms with Gasteiger partial charge in [0.25, 0.3) is 0 Å². The molecule has 2 N–H and O–H groups in total. The maximum absolute atomic E-state index is 11.1. The Morgan fingerprint density at radius 3 is 2.11 bits per heavy atom. The summed E-state index contributed by atoms with van der Waals surface area (Å²) in [6.45, 7) is 0. The Labute approximate surface area is 113 Å². The average molecular weight is 326 g/mol. The summed E-state index contributed by atoms with van der Waals surface area (Å²) < 4.78 is 23.5. The molecule has 0 radical (unpaired) electrons. The van der Waals surface area contributed by atoms with E-state index in [0.717, 1.165) is 10.9 Å². The van der Waals surface area contributed by atoms with Gasteiger partial charge in [-0.15, -0.1) is 0 Å². The molecule has 2 rings (SSSR count). The van der Waals surface area contributed by atoms with Crippen molar-refractivity contribution in [1.82, 2.24) is 0 Å². The van der Waals surface area contributed by atoms with Crippen LogP contribution >= 0.6 is 0 Å². The molecule has 0 aliphatic rings. The molecule has 0 saturated heterocycles. The summed E-state index contributed by atoms with van der Waals surface area (Å²) in [4.78, 5) is 0.165. The normalized spacial score (nSPS) is 11.4. The molecule has 0 fully saturated rings. The summed E-state index contributed by atoms with van der Waals surface area (Å²) in [5.74, 6) is 0. The third-order valence-corrected chi connectivity index (χ3v) is 5.60. The van der Waals surface area contributed by atoms with Crippen LogP contribution in [0.15, 0.2) is 59.5 Å². The predicted molar refractivity (Wildman–Crippen MR) is 73.3 cm³/mol. The van der Waals surface area contributed by atoms with E-state index < -0.39 is 10.0 Å². The van der Waals surface area contributed by atoms with Crippen LogP contribution in [0.2, 0.25) is 0 Å². The Morgan fingerprint density at radius 1 is 0.944 bits per heavy atom. The predicted octanol–water partition coefficient (Wildman–Crippen LogP) is 0.864. The first kappa shape index (κ1) is 13.3. The van der Waals surface area contributed by atoms with Crippen molar-refractivity contribution < 1.29 is 8.42 Å². The molecule has 0 aliphatic heterocycles. The van der Waals surface area contributed by atoms with Crippen molar-refractivity contribution in [3.63, 3.8) is 0 Å². The number of nitrogens with two attached hydrogens (primary N) is 1. The average Bonchev–Trinajstić information content (AvgIpc) is 2.37. The van der Waals surface area contributed by atoms with Gasteiger partial charge in [0.15, 0.2) is 0 Å². The van der Waals surface area contributed by atoms with E-state index in [-0.39, 0.29) is 4.90 Å². The van der Waals surface area contributed by atoms with Gasteiger partial charge in [-0.05, 0) is 0 Å². The SMILES string of the molecule is NS(=O)(=O)c1ccc(C[Se]c2ccccc2)cc1. The number of rotatable bonds is 4. The fraction of sp³-hybridized carbons (Fsp3) is 0.0769. The quantitative estimate of drug-likeness (QED) is 0.848. The van der Waals surface area contributed by atoms with Crippen LogP contribution in [0.3, 0.4) is 0 Å². The molecule has 0 amide bonds. The summed E-state index contributed by atoms with van der Waals surface area (Å²) in [6, 6.07) is 17.0. The zero-order valence-corrected chi connectivity index (χ0v) is 12.1. The van der Waals surface area contributed by atoms with Gasteiger partial charge in [0, 0.05) is 0 Å². The molecule has 2 aromatic rings. The summed E-state index contributed by atoms with van der Waals surface area (Å²) in [5.41, 5.74) is 1.13. The van der Waals surface area contributed by atoms with Crippen molar-refractivity contribution in [2.75, 3.05) is 0 Å². The maximum atomic E-state index is 11.1. The Bertz CT molecular complexity index is 609. The summed E-state index contributed by atoms with van der Waals surface area (Å²) in [5, 5.41) is 5.99. The molecular weight excluding hydrogens is 313 g/mol. The van der Waals surface area contributed by atoms with E-state index >= 15 is 0 Å². The number of hydrogen-bond donors (Lipinski definition) is 1. The van der Waals surface area contributed by atoms with Crippen molar-refractivity contribution in [2.24, 2.45) is 5.14 Å². The molecule has 0 aliphatic carbocycles. The zero-order chi connectivity index (χ0) is 13.0. The fourth-order valence-corrected chi connectivity index (χ4v) is 3.81. The molecule has 0 aromatic heterocycles. The van der Waals surface area contributed by atoms with Crippen LogP contribution in [0.1, 0.15) is 5.56 Å². The molecule has 0 spiro atoms. The van der Waals surface area contributed by atoms with E-state index in [1.165, 1.54) is 4.46 Å². The van der Waals surface area contributed by atoms with Gasteiger partial charge in [-0.1, -0.05) is 0 Å². The van der Waals surface area contributed by atoms with Gasteiger partial charge in [0.1, 0.15) is 0 Å². The van der Waals surface area contributed by atoms with Crippen LogP contribution in [-0.4, -0.2) is 23.4 Å². The van der Waals surface area contributed by atoms with Crippen molar-refractivity contribution in [3.05, 3.63) is 60.2 Å². The van der Waals surface area contributed by atoms with Gasteiger partial charge in [-0.3, -0.25) is 0 Å². The Kier molecular flexibility index (Phi) is 4.19. The molecular formula is C13H13NO2SSe. The van der Waals surface area contributed by atoms with Crippen LogP contribution in [-0.2, 0) is 15.3 Å². The second-order valence-corrected chi connectivity index (χ2v) is 7.55. The molecule has 3 nitrogen and oxygen atoms in total. The summed E-state index contributed by atoms with van der Waals surface area (Å²) in [6.07, 6.45) is 0. The fourth-order valence-electron chi connectivity index (χ4n) is 1.46. The van der Waals surface area contributed by atoms with E-state index in [1.807, 2.05) is 30.3 Å². The zero-order valence-electron chi connectivity index (χ0n) is 9.61. The van der Waals surface area contributed by atoms with Gasteiger partial charge in [-0.2, -0.15) is 0 Å². The molecule has 0 saturated carbocycles. The van der Waals surface area contributed by atoms with E-state index in [2.05, 4.69) is 12.1 Å². The molecule has 18 heavy (non-hydrogen) atoms. The van der Waals surface area contributed by atoms with E-state index in [9.17, 15) is 8.42 Å². The van der Waals surface area contributed by atoms with Gasteiger partial charge in [0.2, 0.25) is 0 Å². The second kappa shape index (κ2) is 5.67. The van der Waals surface area contributed by atoms with Crippen molar-refractivity contribution in [1.29, 1.82) is 0 Å². The number of benzene rings is 2. The third kappa shape index (κ3) is 3.68. The van der Waals surface area contributed by atoms with Crippen LogP contribution in [0, 0.1) is 0 Å². The molecule has 94 valence electrons. The van der Waals surface area contributed by atoms with E-state index in [1.54, 1.807) is 12.1 Å². The second-order valence-electron chi connectivity index (χ2n) is 3.79. The number of primary sulfonamides is 1. The summed E-state index contributed by atoms with van der Waals surface area (Å²) >= 11 is 0.365. The molecule has 5 heteroatoms. The van der Waals surface area contributed by atoms with Gasteiger partial charge in [-0.25, -0.2) is 0 Å². The Balaban J connectivity index is 2.03. The van der Waals surface area contributed by atoms with Crippen molar-refractivity contribution >= 4 is 29.4 Å². The van der Waals surface area contributed by atoms with Crippen molar-refractivity contribution in [3.8, 4) is 0 Å². The summed E-state index contributed by atoms with van der Waals surface area (Å²) in [7, 11) is -3.58. The first-order valence-corrected chi connectivity index (χ1v) is 8.97. The number of hydrogen-bond acceptors (Lipinski definition) is 2. The third-order valence-electron chi connectivity index (χ3n) is 2.40. The molecule has 2 aromatic carbocycles. The van der Waals surface area contributed by atoms with Crippen LogP contribution in [0.5, 0.6) is 0 Å². The van der Waals surface area contributed by atoms with Crippen LogP contribution in [0.25, 0.3) is 0 Å². The first-order chi connectivity index (χ1) is 8.55. The number of sulfonamides is 1. The molecule has 0 bridgehead atoms. The standard InChI is InChI=1S/C13H13NO2SSe/c14-17(15,16)12-8-6-11(7-9-12)10-18-13-4-2-1-3-5-13/h1-9H,10H2,(H2,14,15,16). The van der Waals surface area contributed by atoms with Crippen LogP contribution < -0.4 is 9.60 Å². The monoisotopic (exact) mass is 327 g/mol. The molecule has 0 atom stereocenters. The van der Waals surface area contributed by atoms with Gasteiger partial charge in [0.05, 0.1) is 0 Å². The Hall–Kier alpha value is -1.13. The first-order valence-electron chi connectivity index (χ1n) is 5.35. The van der Waals surface area contributed by atoms with Crippen molar-refractivity contribution in [2.45, 2.75) is 10.2 Å². The van der Waals surface area contributed by atoms with Crippen LogP contribution in [0.4, 0.5) is 0 Å². The minimum absolute atomic E-state index is 0.165. The topological polar surface area (TPSA) is 60.2 Å². The van der Waals surface area contributed by atoms with Gasteiger partial charge < -0.3 is 0 Å². The molecule has 0 unspecified atom stereocenters. The van der Waals surface area contributed by atoms with E-state index in [4.69, 9.17) is 5.14 Å².